The number of nitrogens with zero attached hydrogens (tertiary/aromatic N) is 1. The SMILES string of the molecule is CNCC1CCN(CC(=O)NCc2cccc(OC)c2)CC1. The van der Waals surface area contributed by atoms with Crippen molar-refractivity contribution in [3.63, 3.8) is 0 Å². The number of amides is 1. The molecule has 5 nitrogen and oxygen atoms in total. The molecule has 0 spiro atoms. The van der Waals surface area contributed by atoms with Gasteiger partial charge >= 0.3 is 0 Å². The van der Waals surface area contributed by atoms with Crippen molar-refractivity contribution in [1.29, 1.82) is 0 Å². The molecule has 122 valence electrons. The molecule has 2 N–H and O–H groups in total. The van der Waals surface area contributed by atoms with Gasteiger partial charge in [0.15, 0.2) is 0 Å². The van der Waals surface area contributed by atoms with Crippen molar-refractivity contribution in [2.75, 3.05) is 40.3 Å². The van der Waals surface area contributed by atoms with Crippen molar-refractivity contribution in [3.05, 3.63) is 29.8 Å². The number of carbonyl (C=O) groups excluding carboxylic acids is 1. The third kappa shape index (κ3) is 5.31. The molecule has 0 aliphatic carbocycles. The van der Waals surface area contributed by atoms with Gasteiger partial charge in [-0.2, -0.15) is 0 Å². The maximum Gasteiger partial charge on any atom is 0.234 e. The highest BCUT2D eigenvalue weighted by Gasteiger charge is 2.20. The Hall–Kier alpha value is -1.59. The van der Waals surface area contributed by atoms with Gasteiger partial charge in [0.05, 0.1) is 13.7 Å². The molecule has 5 heteroatoms. The van der Waals surface area contributed by atoms with Gasteiger partial charge in [0.1, 0.15) is 5.75 Å². The molecule has 0 atom stereocenters. The molecule has 1 amide bonds. The molecule has 0 unspecified atom stereocenters. The molecule has 2 rings (SSSR count). The van der Waals surface area contributed by atoms with E-state index in [0.717, 1.165) is 36.9 Å². The Bertz CT molecular complexity index is 471. The maximum atomic E-state index is 12.0. The molecular weight excluding hydrogens is 278 g/mol. The number of nitrogens with one attached hydrogen (secondary N) is 2. The predicted octanol–water partition coefficient (Wildman–Crippen LogP) is 1.24. The van der Waals surface area contributed by atoms with E-state index in [4.69, 9.17) is 4.74 Å². The van der Waals surface area contributed by atoms with Crippen molar-refractivity contribution in [2.45, 2.75) is 19.4 Å². The molecule has 1 aromatic rings. The highest BCUT2D eigenvalue weighted by molar-refractivity contribution is 5.78. The summed E-state index contributed by atoms with van der Waals surface area (Å²) in [6.45, 7) is 4.15. The molecule has 1 aromatic carbocycles. The van der Waals surface area contributed by atoms with E-state index in [-0.39, 0.29) is 5.91 Å². The van der Waals surface area contributed by atoms with Gasteiger partial charge in [-0.25, -0.2) is 0 Å². The average Bonchev–Trinajstić information content (AvgIpc) is 2.55. The summed E-state index contributed by atoms with van der Waals surface area (Å²) in [6, 6.07) is 7.78. The molecule has 1 aliphatic heterocycles. The average molecular weight is 305 g/mol. The van der Waals surface area contributed by atoms with Crippen LogP contribution in [0.4, 0.5) is 0 Å². The highest BCUT2D eigenvalue weighted by Crippen LogP contribution is 2.16. The fourth-order valence-corrected chi connectivity index (χ4v) is 2.88. The van der Waals surface area contributed by atoms with E-state index in [1.165, 1.54) is 12.8 Å². The zero-order valence-corrected chi connectivity index (χ0v) is 13.6. The standard InChI is InChI=1S/C17H27N3O2/c1-18-11-14-6-8-20(9-7-14)13-17(21)19-12-15-4-3-5-16(10-15)22-2/h3-5,10,14,18H,6-9,11-13H2,1-2H3,(H,19,21). The summed E-state index contributed by atoms with van der Waals surface area (Å²) in [7, 11) is 3.65. The van der Waals surface area contributed by atoms with Crippen LogP contribution in [0.2, 0.25) is 0 Å². The number of likely N-dealkylation sites (tertiary alicyclic amines) is 1. The van der Waals surface area contributed by atoms with E-state index in [0.29, 0.717) is 13.1 Å². The fraction of sp³-hybridized carbons (Fsp3) is 0.588. The van der Waals surface area contributed by atoms with Crippen LogP contribution in [-0.4, -0.2) is 51.1 Å². The fourth-order valence-electron chi connectivity index (χ4n) is 2.88. The number of rotatable bonds is 7. The quantitative estimate of drug-likeness (QED) is 0.796. The number of methoxy groups -OCH3 is 1. The molecule has 0 aromatic heterocycles. The molecule has 0 radical (unpaired) electrons. The van der Waals surface area contributed by atoms with Gasteiger partial charge in [-0.05, 0) is 63.1 Å². The number of hydrogen-bond donors (Lipinski definition) is 2. The lowest BCUT2D eigenvalue weighted by Crippen LogP contribution is -2.42. The lowest BCUT2D eigenvalue weighted by Gasteiger charge is -2.31. The van der Waals surface area contributed by atoms with Crippen LogP contribution in [0.5, 0.6) is 5.75 Å². The molecule has 0 bridgehead atoms. The Labute approximate surface area is 133 Å². The second-order valence-electron chi connectivity index (χ2n) is 5.91. The number of carbonyl (C=O) groups is 1. The van der Waals surface area contributed by atoms with Crippen LogP contribution in [0.15, 0.2) is 24.3 Å². The maximum absolute atomic E-state index is 12.0. The van der Waals surface area contributed by atoms with Crippen molar-refractivity contribution >= 4 is 5.91 Å². The number of benzene rings is 1. The van der Waals surface area contributed by atoms with Gasteiger partial charge in [-0.15, -0.1) is 0 Å². The van der Waals surface area contributed by atoms with Crippen LogP contribution in [-0.2, 0) is 11.3 Å². The van der Waals surface area contributed by atoms with Gasteiger partial charge in [-0.3, -0.25) is 9.69 Å². The summed E-state index contributed by atoms with van der Waals surface area (Å²) < 4.78 is 5.19. The Morgan fingerprint density at radius 3 is 2.82 bits per heavy atom. The van der Waals surface area contributed by atoms with Gasteiger partial charge < -0.3 is 15.4 Å². The second kappa shape index (κ2) is 8.76. The first-order chi connectivity index (χ1) is 10.7. The van der Waals surface area contributed by atoms with Gasteiger partial charge in [0.2, 0.25) is 5.91 Å². The summed E-state index contributed by atoms with van der Waals surface area (Å²) in [6.07, 6.45) is 2.34. The normalized spacial score (nSPS) is 16.5. The molecule has 22 heavy (non-hydrogen) atoms. The molecular formula is C17H27N3O2. The van der Waals surface area contributed by atoms with Crippen molar-refractivity contribution < 1.29 is 9.53 Å². The van der Waals surface area contributed by atoms with E-state index in [1.54, 1.807) is 7.11 Å². The van der Waals surface area contributed by atoms with Crippen LogP contribution < -0.4 is 15.4 Å². The summed E-state index contributed by atoms with van der Waals surface area (Å²) >= 11 is 0. The predicted molar refractivity (Wildman–Crippen MR) is 87.9 cm³/mol. The lowest BCUT2D eigenvalue weighted by atomic mass is 9.97. The topological polar surface area (TPSA) is 53.6 Å². The number of piperidine rings is 1. The Balaban J connectivity index is 1.70. The van der Waals surface area contributed by atoms with Crippen LogP contribution >= 0.6 is 0 Å². The van der Waals surface area contributed by atoms with E-state index >= 15 is 0 Å². The minimum absolute atomic E-state index is 0.0925. The van der Waals surface area contributed by atoms with E-state index < -0.39 is 0 Å². The first-order valence-corrected chi connectivity index (χ1v) is 7.98. The monoisotopic (exact) mass is 305 g/mol. The van der Waals surface area contributed by atoms with Crippen LogP contribution in [0.1, 0.15) is 18.4 Å². The third-order valence-electron chi connectivity index (χ3n) is 4.19. The Morgan fingerprint density at radius 1 is 1.36 bits per heavy atom. The number of ether oxygens (including phenoxy) is 1. The van der Waals surface area contributed by atoms with Crippen molar-refractivity contribution in [2.24, 2.45) is 5.92 Å². The second-order valence-corrected chi connectivity index (χ2v) is 5.91. The first kappa shape index (κ1) is 16.8. The zero-order chi connectivity index (χ0) is 15.8. The van der Waals surface area contributed by atoms with Gasteiger partial charge in [0.25, 0.3) is 0 Å². The van der Waals surface area contributed by atoms with Crippen molar-refractivity contribution in [1.82, 2.24) is 15.5 Å². The molecule has 0 saturated carbocycles. The molecule has 1 heterocycles. The number of hydrogen-bond acceptors (Lipinski definition) is 4. The Morgan fingerprint density at radius 2 is 2.14 bits per heavy atom. The smallest absolute Gasteiger partial charge is 0.234 e. The van der Waals surface area contributed by atoms with E-state index in [2.05, 4.69) is 15.5 Å². The summed E-state index contributed by atoms with van der Waals surface area (Å²) in [4.78, 5) is 14.3. The van der Waals surface area contributed by atoms with Crippen molar-refractivity contribution in [3.8, 4) is 5.75 Å². The van der Waals surface area contributed by atoms with Crippen LogP contribution in [0, 0.1) is 5.92 Å². The molecule has 1 aliphatic rings. The highest BCUT2D eigenvalue weighted by atomic mass is 16.5. The van der Waals surface area contributed by atoms with Crippen LogP contribution in [0.3, 0.4) is 0 Å². The first-order valence-electron chi connectivity index (χ1n) is 7.98. The van der Waals surface area contributed by atoms with E-state index in [9.17, 15) is 4.79 Å². The van der Waals surface area contributed by atoms with Crippen LogP contribution in [0.25, 0.3) is 0 Å². The zero-order valence-electron chi connectivity index (χ0n) is 13.6. The molecule has 1 saturated heterocycles. The lowest BCUT2D eigenvalue weighted by molar-refractivity contribution is -0.122. The molecule has 1 fully saturated rings. The minimum atomic E-state index is 0.0925. The summed E-state index contributed by atoms with van der Waals surface area (Å²) in [5.74, 6) is 1.66. The van der Waals surface area contributed by atoms with Gasteiger partial charge in [-0.1, -0.05) is 12.1 Å². The minimum Gasteiger partial charge on any atom is -0.497 e. The largest absolute Gasteiger partial charge is 0.497 e. The van der Waals surface area contributed by atoms with Gasteiger partial charge in [0, 0.05) is 6.54 Å². The summed E-state index contributed by atoms with van der Waals surface area (Å²) in [5, 5.41) is 6.22. The Kier molecular flexibility index (Phi) is 6.68. The summed E-state index contributed by atoms with van der Waals surface area (Å²) in [5.41, 5.74) is 1.06. The third-order valence-corrected chi connectivity index (χ3v) is 4.19. The van der Waals surface area contributed by atoms with E-state index in [1.807, 2.05) is 31.3 Å².